The summed E-state index contributed by atoms with van der Waals surface area (Å²) in [6, 6.07) is 7.47. The summed E-state index contributed by atoms with van der Waals surface area (Å²) in [5, 5.41) is 0. The molecule has 1 aromatic rings. The fourth-order valence-corrected chi connectivity index (χ4v) is 1.98. The Hall–Kier alpha value is -1.35. The summed E-state index contributed by atoms with van der Waals surface area (Å²) in [6.45, 7) is 5.72. The van der Waals surface area contributed by atoms with Crippen LogP contribution in [0.25, 0.3) is 0 Å². The Morgan fingerprint density at radius 2 is 1.80 bits per heavy atom. The number of hydrogen-bond acceptors (Lipinski definition) is 3. The van der Waals surface area contributed by atoms with Gasteiger partial charge >= 0.3 is 5.97 Å². The van der Waals surface area contributed by atoms with E-state index in [-0.39, 0.29) is 17.2 Å². The van der Waals surface area contributed by atoms with Gasteiger partial charge in [-0.1, -0.05) is 38.1 Å². The highest BCUT2D eigenvalue weighted by atomic mass is 35.5. The molecule has 0 unspecified atom stereocenters. The van der Waals surface area contributed by atoms with Gasteiger partial charge in [0.15, 0.2) is 5.78 Å². The molecule has 0 spiro atoms. The molecule has 4 heteroatoms. The number of halogens is 1. The van der Waals surface area contributed by atoms with E-state index in [1.807, 2.05) is 38.1 Å². The molecule has 3 nitrogen and oxygen atoms in total. The number of hydrogen-bond donors (Lipinski definition) is 0. The standard InChI is InChI=1S/C16H21ClO3/c1-12(18)20-11-16(2,3)14-8-6-13(7-9-14)15(19)5-4-10-17/h6-9H,4-5,10-11H2,1-3H3. The zero-order valence-corrected chi connectivity index (χ0v) is 13.0. The molecule has 0 heterocycles. The van der Waals surface area contributed by atoms with Crippen molar-refractivity contribution in [3.63, 3.8) is 0 Å². The first kappa shape index (κ1) is 16.7. The summed E-state index contributed by atoms with van der Waals surface area (Å²) in [5.41, 5.74) is 1.46. The Labute approximate surface area is 125 Å². The maximum atomic E-state index is 11.9. The zero-order valence-electron chi connectivity index (χ0n) is 12.2. The lowest BCUT2D eigenvalue weighted by molar-refractivity contribution is -0.142. The van der Waals surface area contributed by atoms with E-state index in [0.29, 0.717) is 30.9 Å². The van der Waals surface area contributed by atoms with Crippen molar-refractivity contribution in [2.75, 3.05) is 12.5 Å². The number of esters is 1. The molecule has 0 aliphatic carbocycles. The molecule has 0 saturated carbocycles. The van der Waals surface area contributed by atoms with Crippen LogP contribution in [0.4, 0.5) is 0 Å². The lowest BCUT2D eigenvalue weighted by atomic mass is 9.85. The quantitative estimate of drug-likeness (QED) is 0.437. The monoisotopic (exact) mass is 296 g/mol. The fourth-order valence-electron chi connectivity index (χ4n) is 1.84. The Kier molecular flexibility index (Phi) is 6.21. The molecule has 0 atom stereocenters. The average Bonchev–Trinajstić information content (AvgIpc) is 2.43. The minimum Gasteiger partial charge on any atom is -0.465 e. The van der Waals surface area contributed by atoms with Crippen molar-refractivity contribution in [1.29, 1.82) is 0 Å². The Bertz CT molecular complexity index is 463. The number of rotatable bonds is 7. The molecule has 1 aromatic carbocycles. The maximum Gasteiger partial charge on any atom is 0.302 e. The second-order valence-electron chi connectivity index (χ2n) is 5.46. The molecule has 110 valence electrons. The van der Waals surface area contributed by atoms with E-state index in [2.05, 4.69) is 0 Å². The highest BCUT2D eigenvalue weighted by molar-refractivity contribution is 6.18. The molecule has 0 aliphatic rings. The van der Waals surface area contributed by atoms with Crippen LogP contribution in [0.15, 0.2) is 24.3 Å². The van der Waals surface area contributed by atoms with E-state index in [4.69, 9.17) is 16.3 Å². The molecule has 20 heavy (non-hydrogen) atoms. The SMILES string of the molecule is CC(=O)OCC(C)(C)c1ccc(C(=O)CCCCl)cc1. The van der Waals surface area contributed by atoms with E-state index < -0.39 is 0 Å². The lowest BCUT2D eigenvalue weighted by Crippen LogP contribution is -2.25. The number of carbonyl (C=O) groups excluding carboxylic acids is 2. The van der Waals surface area contributed by atoms with Crippen LogP contribution in [0.3, 0.4) is 0 Å². The second-order valence-corrected chi connectivity index (χ2v) is 5.84. The van der Waals surface area contributed by atoms with Gasteiger partial charge in [0.05, 0.1) is 0 Å². The van der Waals surface area contributed by atoms with E-state index in [9.17, 15) is 9.59 Å². The number of alkyl halides is 1. The van der Waals surface area contributed by atoms with Crippen LogP contribution in [0.2, 0.25) is 0 Å². The first-order valence-electron chi connectivity index (χ1n) is 6.70. The molecule has 0 saturated heterocycles. The van der Waals surface area contributed by atoms with Gasteiger partial charge in [-0.05, 0) is 12.0 Å². The molecule has 0 N–H and O–H groups in total. The van der Waals surface area contributed by atoms with Gasteiger partial charge < -0.3 is 4.74 Å². The number of ether oxygens (including phenoxy) is 1. The van der Waals surface area contributed by atoms with Crippen LogP contribution in [0.5, 0.6) is 0 Å². The molecule has 0 aromatic heterocycles. The van der Waals surface area contributed by atoms with Gasteiger partial charge in [0.2, 0.25) is 0 Å². The molecule has 0 amide bonds. The van der Waals surface area contributed by atoms with Gasteiger partial charge in [0, 0.05) is 30.2 Å². The van der Waals surface area contributed by atoms with E-state index in [0.717, 1.165) is 5.56 Å². The van der Waals surface area contributed by atoms with Crippen LogP contribution in [-0.2, 0) is 14.9 Å². The van der Waals surface area contributed by atoms with E-state index in [1.54, 1.807) is 0 Å². The number of ketones is 1. The summed E-state index contributed by atoms with van der Waals surface area (Å²) < 4.78 is 5.07. The third kappa shape index (κ3) is 4.97. The van der Waals surface area contributed by atoms with Gasteiger partial charge in [0.1, 0.15) is 6.61 Å². The summed E-state index contributed by atoms with van der Waals surface area (Å²) in [4.78, 5) is 22.7. The van der Waals surface area contributed by atoms with Crippen molar-refractivity contribution in [3.8, 4) is 0 Å². The van der Waals surface area contributed by atoms with Crippen molar-refractivity contribution in [2.45, 2.75) is 39.0 Å². The fraction of sp³-hybridized carbons (Fsp3) is 0.500. The van der Waals surface area contributed by atoms with Crippen molar-refractivity contribution in [3.05, 3.63) is 35.4 Å². The van der Waals surface area contributed by atoms with Gasteiger partial charge in [-0.3, -0.25) is 9.59 Å². The second kappa shape index (κ2) is 7.44. The Morgan fingerprint density at radius 1 is 1.20 bits per heavy atom. The van der Waals surface area contributed by atoms with Crippen molar-refractivity contribution < 1.29 is 14.3 Å². The van der Waals surface area contributed by atoms with Crippen molar-refractivity contribution in [1.82, 2.24) is 0 Å². The smallest absolute Gasteiger partial charge is 0.302 e. The first-order valence-corrected chi connectivity index (χ1v) is 7.23. The Balaban J connectivity index is 2.74. The van der Waals surface area contributed by atoms with E-state index in [1.165, 1.54) is 6.92 Å². The van der Waals surface area contributed by atoms with Gasteiger partial charge in [0.25, 0.3) is 0 Å². The van der Waals surface area contributed by atoms with Crippen LogP contribution < -0.4 is 0 Å². The van der Waals surface area contributed by atoms with Crippen molar-refractivity contribution >= 4 is 23.4 Å². The number of carbonyl (C=O) groups is 2. The largest absolute Gasteiger partial charge is 0.465 e. The highest BCUT2D eigenvalue weighted by Crippen LogP contribution is 2.24. The van der Waals surface area contributed by atoms with Gasteiger partial charge in [-0.2, -0.15) is 0 Å². The topological polar surface area (TPSA) is 43.4 Å². The van der Waals surface area contributed by atoms with E-state index >= 15 is 0 Å². The van der Waals surface area contributed by atoms with Crippen LogP contribution in [0, 0.1) is 0 Å². The summed E-state index contributed by atoms with van der Waals surface area (Å²) in [6.07, 6.45) is 1.17. The predicted molar refractivity (Wildman–Crippen MR) is 80.4 cm³/mol. The molecule has 0 aliphatic heterocycles. The van der Waals surface area contributed by atoms with Gasteiger partial charge in [-0.15, -0.1) is 11.6 Å². The summed E-state index contributed by atoms with van der Waals surface area (Å²) in [5.74, 6) is 0.320. The van der Waals surface area contributed by atoms with Crippen LogP contribution in [0.1, 0.15) is 49.5 Å². The maximum absolute atomic E-state index is 11.9. The third-order valence-corrected chi connectivity index (χ3v) is 3.43. The molecular weight excluding hydrogens is 276 g/mol. The minimum absolute atomic E-state index is 0.106. The van der Waals surface area contributed by atoms with Gasteiger partial charge in [-0.25, -0.2) is 0 Å². The number of benzene rings is 1. The molecule has 0 fully saturated rings. The first-order chi connectivity index (χ1) is 9.36. The normalized spacial score (nSPS) is 11.2. The molecular formula is C16H21ClO3. The third-order valence-electron chi connectivity index (χ3n) is 3.16. The van der Waals surface area contributed by atoms with Crippen molar-refractivity contribution in [2.24, 2.45) is 0 Å². The number of Topliss-reactive ketones (excluding diaryl/α,β-unsaturated/α-hetero) is 1. The zero-order chi connectivity index (χ0) is 15.2. The summed E-state index contributed by atoms with van der Waals surface area (Å²) in [7, 11) is 0. The lowest BCUT2D eigenvalue weighted by Gasteiger charge is -2.24. The molecule has 0 bridgehead atoms. The molecule has 0 radical (unpaired) electrons. The highest BCUT2D eigenvalue weighted by Gasteiger charge is 2.22. The Morgan fingerprint density at radius 3 is 2.30 bits per heavy atom. The molecule has 1 rings (SSSR count). The van der Waals surface area contributed by atoms with Crippen LogP contribution in [-0.4, -0.2) is 24.2 Å². The summed E-state index contributed by atoms with van der Waals surface area (Å²) >= 11 is 5.58. The minimum atomic E-state index is -0.286. The average molecular weight is 297 g/mol. The van der Waals surface area contributed by atoms with Crippen LogP contribution >= 0.6 is 11.6 Å². The predicted octanol–water partition coefficient (Wildman–Crippen LogP) is 3.73.